The summed E-state index contributed by atoms with van der Waals surface area (Å²) in [5, 5.41) is 15.8. The van der Waals surface area contributed by atoms with Crippen LogP contribution in [0.4, 0.5) is 4.39 Å². The number of aromatic nitrogens is 2. The molecule has 1 aromatic carbocycles. The largest absolute Gasteiger partial charge is 0.396 e. The van der Waals surface area contributed by atoms with E-state index in [1.54, 1.807) is 34.6 Å². The van der Waals surface area contributed by atoms with Gasteiger partial charge in [0.1, 0.15) is 5.82 Å². The molecular weight excluding hydrogens is 317 g/mol. The fourth-order valence-electron chi connectivity index (χ4n) is 2.03. The number of aliphatic hydroxyl groups excluding tert-OH is 1. The van der Waals surface area contributed by atoms with Crippen LogP contribution in [0.2, 0.25) is 0 Å². The van der Waals surface area contributed by atoms with Crippen molar-refractivity contribution in [1.29, 1.82) is 0 Å². The molecule has 0 saturated carbocycles. The first kappa shape index (κ1) is 17.5. The van der Waals surface area contributed by atoms with E-state index in [1.807, 2.05) is 6.92 Å². The molecule has 0 bridgehead atoms. The van der Waals surface area contributed by atoms with Gasteiger partial charge in [0.25, 0.3) is 5.91 Å². The van der Waals surface area contributed by atoms with E-state index in [1.165, 1.54) is 12.1 Å². The van der Waals surface area contributed by atoms with Gasteiger partial charge in [0, 0.05) is 24.6 Å². The van der Waals surface area contributed by atoms with Crippen LogP contribution in [0.5, 0.6) is 0 Å². The minimum absolute atomic E-state index is 0.194. The van der Waals surface area contributed by atoms with Gasteiger partial charge in [-0.3, -0.25) is 4.79 Å². The molecular formula is C16H20FN3O2S. The molecule has 0 aliphatic carbocycles. The summed E-state index contributed by atoms with van der Waals surface area (Å²) in [5.41, 5.74) is 1.86. The number of hydrogen-bond acceptors (Lipinski definition) is 4. The molecule has 2 N–H and O–H groups in total. The molecule has 2 rings (SSSR count). The Morgan fingerprint density at radius 3 is 2.78 bits per heavy atom. The number of carbonyl (C=O) groups excluding carboxylic acids is 1. The van der Waals surface area contributed by atoms with E-state index in [-0.39, 0.29) is 18.3 Å². The number of nitrogens with one attached hydrogen (secondary N) is 1. The van der Waals surface area contributed by atoms with Crippen LogP contribution in [0.1, 0.15) is 22.6 Å². The first-order valence-corrected chi connectivity index (χ1v) is 8.56. The van der Waals surface area contributed by atoms with Crippen LogP contribution in [0.25, 0.3) is 5.69 Å². The molecule has 5 nitrogen and oxygen atoms in total. The molecule has 0 radical (unpaired) electrons. The van der Waals surface area contributed by atoms with Crippen LogP contribution < -0.4 is 5.32 Å². The molecule has 0 atom stereocenters. The average Bonchev–Trinajstić information content (AvgIpc) is 2.93. The second-order valence-electron chi connectivity index (χ2n) is 5.00. The van der Waals surface area contributed by atoms with Crippen molar-refractivity contribution in [3.05, 3.63) is 47.5 Å². The number of thioether (sulfide) groups is 1. The molecule has 1 aromatic heterocycles. The summed E-state index contributed by atoms with van der Waals surface area (Å²) in [6.07, 6.45) is 0.764. The van der Waals surface area contributed by atoms with Crippen molar-refractivity contribution in [3.8, 4) is 5.69 Å². The second kappa shape index (κ2) is 8.69. The van der Waals surface area contributed by atoms with Gasteiger partial charge < -0.3 is 10.4 Å². The topological polar surface area (TPSA) is 67.2 Å². The quantitative estimate of drug-likeness (QED) is 0.725. The van der Waals surface area contributed by atoms with Crippen molar-refractivity contribution in [3.63, 3.8) is 0 Å². The lowest BCUT2D eigenvalue weighted by Gasteiger charge is -2.04. The van der Waals surface area contributed by atoms with Crippen molar-refractivity contribution < 1.29 is 14.3 Å². The van der Waals surface area contributed by atoms with Crippen molar-refractivity contribution in [2.24, 2.45) is 0 Å². The number of halogens is 1. The van der Waals surface area contributed by atoms with Crippen LogP contribution in [0, 0.1) is 12.7 Å². The molecule has 124 valence electrons. The standard InChI is InChI=1S/C16H20FN3O2S/c1-12-11-15(16(22)18-7-10-23-9-2-8-21)19-20(12)14-5-3-13(17)4-6-14/h3-6,11,21H,2,7-10H2,1H3,(H,18,22). The molecule has 0 spiro atoms. The predicted octanol–water partition coefficient (Wildman–Crippen LogP) is 2.17. The van der Waals surface area contributed by atoms with E-state index in [2.05, 4.69) is 10.4 Å². The van der Waals surface area contributed by atoms with Gasteiger partial charge in [0.2, 0.25) is 0 Å². The third-order valence-corrected chi connectivity index (χ3v) is 4.24. The number of carbonyl (C=O) groups is 1. The van der Waals surface area contributed by atoms with Crippen molar-refractivity contribution in [2.75, 3.05) is 24.7 Å². The lowest BCUT2D eigenvalue weighted by Crippen LogP contribution is -2.26. The minimum Gasteiger partial charge on any atom is -0.396 e. The summed E-state index contributed by atoms with van der Waals surface area (Å²) in [6.45, 7) is 2.59. The van der Waals surface area contributed by atoms with E-state index in [9.17, 15) is 9.18 Å². The summed E-state index contributed by atoms with van der Waals surface area (Å²) in [4.78, 5) is 12.1. The second-order valence-corrected chi connectivity index (χ2v) is 6.23. The molecule has 2 aromatic rings. The van der Waals surface area contributed by atoms with Crippen LogP contribution >= 0.6 is 11.8 Å². The van der Waals surface area contributed by atoms with Gasteiger partial charge in [0.05, 0.1) is 5.69 Å². The Morgan fingerprint density at radius 2 is 2.09 bits per heavy atom. The van der Waals surface area contributed by atoms with Crippen molar-refractivity contribution in [1.82, 2.24) is 15.1 Å². The van der Waals surface area contributed by atoms with Crippen LogP contribution in [0.15, 0.2) is 30.3 Å². The number of rotatable bonds is 8. The Labute approximate surface area is 138 Å². The Bertz CT molecular complexity index is 643. The highest BCUT2D eigenvalue weighted by molar-refractivity contribution is 7.99. The number of nitrogens with zero attached hydrogens (tertiary/aromatic N) is 2. The number of aryl methyl sites for hydroxylation is 1. The van der Waals surface area contributed by atoms with Gasteiger partial charge in [-0.15, -0.1) is 0 Å². The number of amides is 1. The molecule has 0 saturated heterocycles. The zero-order valence-electron chi connectivity index (χ0n) is 13.0. The van der Waals surface area contributed by atoms with E-state index in [4.69, 9.17) is 5.11 Å². The first-order valence-electron chi connectivity index (χ1n) is 7.41. The Balaban J connectivity index is 1.92. The predicted molar refractivity (Wildman–Crippen MR) is 89.6 cm³/mol. The molecule has 7 heteroatoms. The maximum Gasteiger partial charge on any atom is 0.271 e. The average molecular weight is 337 g/mol. The zero-order valence-corrected chi connectivity index (χ0v) is 13.8. The lowest BCUT2D eigenvalue weighted by molar-refractivity contribution is 0.0950. The first-order chi connectivity index (χ1) is 11.1. The van der Waals surface area contributed by atoms with Crippen LogP contribution in [-0.4, -0.2) is 45.5 Å². The Kier molecular flexibility index (Phi) is 6.61. The smallest absolute Gasteiger partial charge is 0.271 e. The molecule has 1 heterocycles. The van der Waals surface area contributed by atoms with Crippen LogP contribution in [-0.2, 0) is 0 Å². The number of hydrogen-bond donors (Lipinski definition) is 2. The molecule has 23 heavy (non-hydrogen) atoms. The number of aliphatic hydroxyl groups is 1. The van der Waals surface area contributed by atoms with Gasteiger partial charge in [-0.05, 0) is 49.4 Å². The van der Waals surface area contributed by atoms with Crippen molar-refractivity contribution >= 4 is 17.7 Å². The van der Waals surface area contributed by atoms with E-state index < -0.39 is 0 Å². The van der Waals surface area contributed by atoms with Gasteiger partial charge in [0.15, 0.2) is 5.69 Å². The van der Waals surface area contributed by atoms with E-state index in [0.717, 1.165) is 23.6 Å². The third-order valence-electron chi connectivity index (χ3n) is 3.17. The highest BCUT2D eigenvalue weighted by atomic mass is 32.2. The van der Waals surface area contributed by atoms with Gasteiger partial charge in [-0.1, -0.05) is 0 Å². The molecule has 1 amide bonds. The molecule has 0 aliphatic rings. The lowest BCUT2D eigenvalue weighted by atomic mass is 10.3. The normalized spacial score (nSPS) is 10.7. The van der Waals surface area contributed by atoms with Gasteiger partial charge in [-0.25, -0.2) is 9.07 Å². The third kappa shape index (κ3) is 5.07. The van der Waals surface area contributed by atoms with E-state index >= 15 is 0 Å². The summed E-state index contributed by atoms with van der Waals surface area (Å²) in [5.74, 6) is 1.14. The summed E-state index contributed by atoms with van der Waals surface area (Å²) >= 11 is 1.69. The SMILES string of the molecule is Cc1cc(C(=O)NCCSCCCO)nn1-c1ccc(F)cc1. The summed E-state index contributed by atoms with van der Waals surface area (Å²) < 4.78 is 14.6. The fourth-order valence-corrected chi connectivity index (χ4v) is 2.81. The van der Waals surface area contributed by atoms with Crippen LogP contribution in [0.3, 0.4) is 0 Å². The minimum atomic E-state index is -0.310. The van der Waals surface area contributed by atoms with Crippen molar-refractivity contribution in [2.45, 2.75) is 13.3 Å². The monoisotopic (exact) mass is 337 g/mol. The Hall–Kier alpha value is -1.86. The maximum absolute atomic E-state index is 13.0. The zero-order chi connectivity index (χ0) is 16.7. The summed E-state index contributed by atoms with van der Waals surface area (Å²) in [6, 6.07) is 7.67. The summed E-state index contributed by atoms with van der Waals surface area (Å²) in [7, 11) is 0. The van der Waals surface area contributed by atoms with Gasteiger partial charge >= 0.3 is 0 Å². The highest BCUT2D eigenvalue weighted by Gasteiger charge is 2.12. The van der Waals surface area contributed by atoms with Gasteiger partial charge in [-0.2, -0.15) is 16.9 Å². The number of benzene rings is 1. The molecule has 0 aliphatic heterocycles. The maximum atomic E-state index is 13.0. The molecule has 0 fully saturated rings. The molecule has 0 unspecified atom stereocenters. The Morgan fingerprint density at radius 1 is 1.35 bits per heavy atom. The van der Waals surface area contributed by atoms with E-state index in [0.29, 0.717) is 17.9 Å². The highest BCUT2D eigenvalue weighted by Crippen LogP contribution is 2.13. The fraction of sp³-hybridized carbons (Fsp3) is 0.375.